The van der Waals surface area contributed by atoms with Crippen molar-refractivity contribution < 1.29 is 4.74 Å². The lowest BCUT2D eigenvalue weighted by Crippen LogP contribution is -2.38. The number of H-pyrrole nitrogens is 1. The molecular formula is C19H23N5O. The SMILES string of the molecule is c1cc(OC2CCN(Cc3nncn3C3CC3)CC2)c2cc[nH]c2c1. The van der Waals surface area contributed by atoms with Gasteiger partial charge in [0, 0.05) is 36.2 Å². The second-order valence-corrected chi connectivity index (χ2v) is 7.17. The number of aromatic amines is 1. The highest BCUT2D eigenvalue weighted by Crippen LogP contribution is 2.35. The average molecular weight is 337 g/mol. The summed E-state index contributed by atoms with van der Waals surface area (Å²) in [7, 11) is 0. The first-order valence-corrected chi connectivity index (χ1v) is 9.20. The largest absolute Gasteiger partial charge is 0.490 e. The van der Waals surface area contributed by atoms with Gasteiger partial charge in [-0.15, -0.1) is 10.2 Å². The van der Waals surface area contributed by atoms with E-state index in [1.807, 2.05) is 18.6 Å². The molecule has 130 valence electrons. The Morgan fingerprint density at radius 1 is 1.12 bits per heavy atom. The van der Waals surface area contributed by atoms with Gasteiger partial charge in [-0.05, 0) is 43.9 Å². The molecule has 3 aromatic rings. The van der Waals surface area contributed by atoms with Crippen molar-refractivity contribution in [3.8, 4) is 5.75 Å². The Morgan fingerprint density at radius 2 is 2.00 bits per heavy atom. The van der Waals surface area contributed by atoms with E-state index in [9.17, 15) is 0 Å². The molecule has 6 nitrogen and oxygen atoms in total. The first kappa shape index (κ1) is 15.0. The molecule has 1 N–H and O–H groups in total. The number of aromatic nitrogens is 4. The van der Waals surface area contributed by atoms with Crippen LogP contribution < -0.4 is 4.74 Å². The van der Waals surface area contributed by atoms with Crippen molar-refractivity contribution in [2.45, 2.75) is 44.4 Å². The number of hydrogen-bond acceptors (Lipinski definition) is 4. The second kappa shape index (κ2) is 6.19. The van der Waals surface area contributed by atoms with Crippen LogP contribution in [-0.4, -0.2) is 43.8 Å². The van der Waals surface area contributed by atoms with Gasteiger partial charge in [-0.3, -0.25) is 4.90 Å². The summed E-state index contributed by atoms with van der Waals surface area (Å²) in [5.41, 5.74) is 1.13. The summed E-state index contributed by atoms with van der Waals surface area (Å²) < 4.78 is 8.56. The lowest BCUT2D eigenvalue weighted by Gasteiger charge is -2.32. The van der Waals surface area contributed by atoms with E-state index < -0.39 is 0 Å². The smallest absolute Gasteiger partial charge is 0.147 e. The third-order valence-electron chi connectivity index (χ3n) is 5.34. The fourth-order valence-electron chi connectivity index (χ4n) is 3.76. The number of nitrogens with one attached hydrogen (secondary N) is 1. The summed E-state index contributed by atoms with van der Waals surface area (Å²) in [6, 6.07) is 8.94. The highest BCUT2D eigenvalue weighted by atomic mass is 16.5. The van der Waals surface area contributed by atoms with Gasteiger partial charge >= 0.3 is 0 Å². The predicted octanol–water partition coefficient (Wildman–Crippen LogP) is 3.14. The van der Waals surface area contributed by atoms with Crippen LogP contribution in [0.5, 0.6) is 5.75 Å². The zero-order valence-electron chi connectivity index (χ0n) is 14.3. The third-order valence-corrected chi connectivity index (χ3v) is 5.34. The molecular weight excluding hydrogens is 314 g/mol. The van der Waals surface area contributed by atoms with Crippen LogP contribution in [0.3, 0.4) is 0 Å². The van der Waals surface area contributed by atoms with Crippen LogP contribution in [0.4, 0.5) is 0 Å². The maximum Gasteiger partial charge on any atom is 0.147 e. The zero-order valence-corrected chi connectivity index (χ0v) is 14.3. The molecule has 1 aromatic carbocycles. The maximum absolute atomic E-state index is 6.30. The highest BCUT2D eigenvalue weighted by molar-refractivity contribution is 5.85. The molecule has 6 heteroatoms. The molecule has 1 saturated heterocycles. The molecule has 2 aromatic heterocycles. The van der Waals surface area contributed by atoms with Gasteiger partial charge in [-0.2, -0.15) is 0 Å². The molecule has 1 aliphatic carbocycles. The van der Waals surface area contributed by atoms with Crippen molar-refractivity contribution in [1.29, 1.82) is 0 Å². The summed E-state index contributed by atoms with van der Waals surface area (Å²) in [6.45, 7) is 2.99. The Labute approximate surface area is 146 Å². The Balaban J connectivity index is 1.20. The third kappa shape index (κ3) is 3.02. The van der Waals surface area contributed by atoms with Crippen molar-refractivity contribution in [1.82, 2.24) is 24.6 Å². The minimum Gasteiger partial charge on any atom is -0.490 e. The molecule has 3 heterocycles. The molecule has 0 spiro atoms. The maximum atomic E-state index is 6.30. The highest BCUT2D eigenvalue weighted by Gasteiger charge is 2.28. The number of likely N-dealkylation sites (tertiary alicyclic amines) is 1. The average Bonchev–Trinajstić information content (AvgIpc) is 3.17. The molecule has 0 bridgehead atoms. The fourth-order valence-corrected chi connectivity index (χ4v) is 3.76. The van der Waals surface area contributed by atoms with Crippen molar-refractivity contribution >= 4 is 10.9 Å². The van der Waals surface area contributed by atoms with Crippen LogP contribution in [0, 0.1) is 0 Å². The van der Waals surface area contributed by atoms with Gasteiger partial charge in [0.2, 0.25) is 0 Å². The number of rotatable bonds is 5. The second-order valence-electron chi connectivity index (χ2n) is 7.17. The first-order valence-electron chi connectivity index (χ1n) is 9.20. The van der Waals surface area contributed by atoms with Crippen molar-refractivity contribution in [2.24, 2.45) is 0 Å². The quantitative estimate of drug-likeness (QED) is 0.777. The normalized spacial score (nSPS) is 19.5. The fraction of sp³-hybridized carbons (Fsp3) is 0.474. The van der Waals surface area contributed by atoms with Crippen LogP contribution in [0.25, 0.3) is 10.9 Å². The summed E-state index contributed by atoms with van der Waals surface area (Å²) >= 11 is 0. The van der Waals surface area contributed by atoms with Crippen LogP contribution in [0.15, 0.2) is 36.8 Å². The minimum absolute atomic E-state index is 0.290. The van der Waals surface area contributed by atoms with E-state index in [1.54, 1.807) is 0 Å². The minimum atomic E-state index is 0.290. The van der Waals surface area contributed by atoms with Gasteiger partial charge in [-0.25, -0.2) is 0 Å². The number of piperidine rings is 1. The van der Waals surface area contributed by atoms with Gasteiger partial charge in [-0.1, -0.05) is 6.07 Å². The molecule has 1 saturated carbocycles. The molecule has 0 amide bonds. The number of nitrogens with zero attached hydrogens (tertiary/aromatic N) is 4. The number of ether oxygens (including phenoxy) is 1. The summed E-state index contributed by atoms with van der Waals surface area (Å²) in [5, 5.41) is 9.59. The van der Waals surface area contributed by atoms with Crippen LogP contribution in [0.2, 0.25) is 0 Å². The number of fused-ring (bicyclic) bond motifs is 1. The van der Waals surface area contributed by atoms with E-state index in [0.29, 0.717) is 6.04 Å². The molecule has 0 unspecified atom stereocenters. The van der Waals surface area contributed by atoms with Gasteiger partial charge in [0.05, 0.1) is 6.54 Å². The summed E-state index contributed by atoms with van der Waals surface area (Å²) in [4.78, 5) is 5.72. The van der Waals surface area contributed by atoms with Crippen molar-refractivity contribution in [2.75, 3.05) is 13.1 Å². The topological polar surface area (TPSA) is 59.0 Å². The molecule has 0 atom stereocenters. The Kier molecular flexibility index (Phi) is 3.70. The molecule has 5 rings (SSSR count). The predicted molar refractivity (Wildman–Crippen MR) is 95.5 cm³/mol. The molecule has 25 heavy (non-hydrogen) atoms. The van der Waals surface area contributed by atoms with Gasteiger partial charge in [0.25, 0.3) is 0 Å². The van der Waals surface area contributed by atoms with Gasteiger partial charge < -0.3 is 14.3 Å². The molecule has 1 aliphatic heterocycles. The first-order chi connectivity index (χ1) is 12.4. The Hall–Kier alpha value is -2.34. The number of benzene rings is 1. The van der Waals surface area contributed by atoms with Crippen molar-refractivity contribution in [3.05, 3.63) is 42.6 Å². The van der Waals surface area contributed by atoms with Gasteiger partial charge in [0.15, 0.2) is 0 Å². The molecule has 2 fully saturated rings. The molecule has 2 aliphatic rings. The van der Waals surface area contributed by atoms with Crippen LogP contribution in [-0.2, 0) is 6.54 Å². The Morgan fingerprint density at radius 3 is 2.84 bits per heavy atom. The van der Waals surface area contributed by atoms with Crippen molar-refractivity contribution in [3.63, 3.8) is 0 Å². The van der Waals surface area contributed by atoms with E-state index in [1.165, 1.54) is 18.2 Å². The lowest BCUT2D eigenvalue weighted by molar-refractivity contribution is 0.0958. The lowest BCUT2D eigenvalue weighted by atomic mass is 10.1. The van der Waals surface area contributed by atoms with E-state index >= 15 is 0 Å². The van der Waals surface area contributed by atoms with Gasteiger partial charge in [0.1, 0.15) is 24.0 Å². The monoisotopic (exact) mass is 337 g/mol. The van der Waals surface area contributed by atoms with E-state index in [0.717, 1.165) is 49.6 Å². The summed E-state index contributed by atoms with van der Waals surface area (Å²) in [6.07, 6.45) is 8.79. The van der Waals surface area contributed by atoms with Crippen LogP contribution >= 0.6 is 0 Å². The Bertz CT molecular complexity index is 857. The van der Waals surface area contributed by atoms with Crippen LogP contribution in [0.1, 0.15) is 37.5 Å². The molecule has 0 radical (unpaired) electrons. The van der Waals surface area contributed by atoms with E-state index in [4.69, 9.17) is 4.74 Å². The zero-order chi connectivity index (χ0) is 16.6. The number of hydrogen-bond donors (Lipinski definition) is 1. The summed E-state index contributed by atoms with van der Waals surface area (Å²) in [5.74, 6) is 2.10. The van der Waals surface area contributed by atoms with E-state index in [-0.39, 0.29) is 6.10 Å². The van der Waals surface area contributed by atoms with E-state index in [2.05, 4.69) is 42.8 Å². The standard InChI is InChI=1S/C19H23N5O/c1-2-17-16(6-9-20-17)18(3-1)25-15-7-10-23(11-8-15)12-19-22-21-13-24(19)14-4-5-14/h1-3,6,9,13-15,20H,4-5,7-8,10-12H2.